The lowest BCUT2D eigenvalue weighted by atomic mass is 10.2. The van der Waals surface area contributed by atoms with Crippen molar-refractivity contribution < 1.29 is 0 Å². The van der Waals surface area contributed by atoms with E-state index in [4.69, 9.17) is 0 Å². The van der Waals surface area contributed by atoms with Crippen LogP contribution in [0.15, 0.2) is 30.3 Å². The zero-order valence-electron chi connectivity index (χ0n) is 7.38. The molecule has 0 saturated heterocycles. The highest BCUT2D eigenvalue weighted by atomic mass is 29.5. The molecule has 0 unspecified atom stereocenters. The molecule has 0 radical (unpaired) electrons. The molecule has 0 nitrogen and oxygen atoms in total. The summed E-state index contributed by atoms with van der Waals surface area (Å²) in [6.45, 7) is 0. The summed E-state index contributed by atoms with van der Waals surface area (Å²) in [7, 11) is 3.00. The van der Waals surface area contributed by atoms with Crippen LogP contribution in [-0.2, 0) is 6.42 Å². The van der Waals surface area contributed by atoms with Crippen LogP contribution >= 0.6 is 0 Å². The third-order valence-corrected chi connectivity index (χ3v) is 6.76. The Morgan fingerprint density at radius 3 is 2.27 bits per heavy atom. The smallest absolute Gasteiger partial charge is 0.00571 e. The predicted octanol–water partition coefficient (Wildman–Crippen LogP) is -0.820. The second-order valence-electron chi connectivity index (χ2n) is 3.42. The Hall–Kier alpha value is -0.129. The normalized spacial score (nSPS) is 13.5. The van der Waals surface area contributed by atoms with E-state index < -0.39 is 0 Å². The van der Waals surface area contributed by atoms with Crippen molar-refractivity contribution in [2.75, 3.05) is 0 Å². The number of hydrogen-bond acceptors (Lipinski definition) is 0. The lowest BCUT2D eigenvalue weighted by molar-refractivity contribution is 1.13. The van der Waals surface area contributed by atoms with E-state index in [1.807, 2.05) is 0 Å². The van der Waals surface area contributed by atoms with Gasteiger partial charge >= 0.3 is 0 Å². The second kappa shape index (κ2) is 4.69. The molecule has 3 heteroatoms. The van der Waals surface area contributed by atoms with E-state index in [0.717, 1.165) is 0 Å². The SMILES string of the molecule is [SiH3][SiH]([SiH3])CCc1ccccc1. The van der Waals surface area contributed by atoms with E-state index in [1.165, 1.54) is 31.5 Å². The summed E-state index contributed by atoms with van der Waals surface area (Å²) < 4.78 is 0. The van der Waals surface area contributed by atoms with Gasteiger partial charge in [0.1, 0.15) is 0 Å². The van der Waals surface area contributed by atoms with Crippen molar-refractivity contribution in [1.82, 2.24) is 0 Å². The molecule has 60 valence electrons. The van der Waals surface area contributed by atoms with Crippen molar-refractivity contribution in [2.24, 2.45) is 0 Å². The van der Waals surface area contributed by atoms with Crippen LogP contribution < -0.4 is 0 Å². The Kier molecular flexibility index (Phi) is 3.82. The fraction of sp³-hybridized carbons (Fsp3) is 0.250. The average molecular weight is 196 g/mol. The Morgan fingerprint density at radius 1 is 1.09 bits per heavy atom. The van der Waals surface area contributed by atoms with E-state index in [1.54, 1.807) is 6.04 Å². The summed E-state index contributed by atoms with van der Waals surface area (Å²) in [5, 5.41) is 0. The van der Waals surface area contributed by atoms with Crippen molar-refractivity contribution >= 4 is 27.4 Å². The van der Waals surface area contributed by atoms with Gasteiger partial charge in [0.25, 0.3) is 0 Å². The van der Waals surface area contributed by atoms with Gasteiger partial charge < -0.3 is 0 Å². The number of hydrogen-bond donors (Lipinski definition) is 0. The maximum atomic E-state index is 2.25. The lowest BCUT2D eigenvalue weighted by Crippen LogP contribution is -2.13. The molecule has 0 atom stereocenters. The first kappa shape index (κ1) is 8.96. The van der Waals surface area contributed by atoms with E-state index >= 15 is 0 Å². The summed E-state index contributed by atoms with van der Waals surface area (Å²) in [6, 6.07) is 12.4. The first-order valence-electron chi connectivity index (χ1n) is 4.33. The fourth-order valence-electron chi connectivity index (χ4n) is 1.10. The van der Waals surface area contributed by atoms with Gasteiger partial charge in [0.2, 0.25) is 0 Å². The summed E-state index contributed by atoms with van der Waals surface area (Å²) in [5.41, 5.74) is 1.54. The number of rotatable bonds is 3. The lowest BCUT2D eigenvalue weighted by Gasteiger charge is -2.01. The van der Waals surface area contributed by atoms with Gasteiger partial charge in [-0.3, -0.25) is 0 Å². The van der Waals surface area contributed by atoms with E-state index in [0.29, 0.717) is 0 Å². The van der Waals surface area contributed by atoms with Crippen LogP contribution in [0.2, 0.25) is 6.04 Å². The van der Waals surface area contributed by atoms with E-state index in [2.05, 4.69) is 30.3 Å². The Bertz CT molecular complexity index is 196. The summed E-state index contributed by atoms with van der Waals surface area (Å²) in [5.74, 6) is 0. The zero-order chi connectivity index (χ0) is 8.10. The number of aryl methyl sites for hydroxylation is 1. The highest BCUT2D eigenvalue weighted by Crippen LogP contribution is 2.02. The van der Waals surface area contributed by atoms with Crippen LogP contribution in [0.5, 0.6) is 0 Å². The zero-order valence-corrected chi connectivity index (χ0v) is 12.5. The predicted molar refractivity (Wildman–Crippen MR) is 62.0 cm³/mol. The average Bonchev–Trinajstić information content (AvgIpc) is 2.03. The van der Waals surface area contributed by atoms with Crippen LogP contribution in [0, 0.1) is 0 Å². The topological polar surface area (TPSA) is 0 Å². The molecule has 1 aromatic carbocycles. The molecule has 0 aliphatic heterocycles. The van der Waals surface area contributed by atoms with E-state index in [-0.39, 0.29) is 7.83 Å². The van der Waals surface area contributed by atoms with Crippen LogP contribution in [-0.4, -0.2) is 27.4 Å². The van der Waals surface area contributed by atoms with Crippen molar-refractivity contribution in [2.45, 2.75) is 12.5 Å². The van der Waals surface area contributed by atoms with Gasteiger partial charge in [0.15, 0.2) is 0 Å². The first-order chi connectivity index (χ1) is 5.29. The maximum Gasteiger partial charge on any atom is 0.00571 e. The van der Waals surface area contributed by atoms with Crippen LogP contribution in [0.3, 0.4) is 0 Å². The maximum absolute atomic E-state index is 2.25. The molecule has 0 spiro atoms. The summed E-state index contributed by atoms with van der Waals surface area (Å²) in [4.78, 5) is 0. The third kappa shape index (κ3) is 3.69. The van der Waals surface area contributed by atoms with Gasteiger partial charge in [0, 0.05) is 7.83 Å². The molecule has 0 bridgehead atoms. The van der Waals surface area contributed by atoms with Gasteiger partial charge in [-0.2, -0.15) is 0 Å². The highest BCUT2D eigenvalue weighted by molar-refractivity contribution is 7.29. The van der Waals surface area contributed by atoms with E-state index in [9.17, 15) is 0 Å². The minimum absolute atomic E-state index is 0.0625. The van der Waals surface area contributed by atoms with Gasteiger partial charge in [0.05, 0.1) is 0 Å². The molecule has 1 aromatic rings. The van der Waals surface area contributed by atoms with Gasteiger partial charge in [-0.15, -0.1) is 0 Å². The van der Waals surface area contributed by atoms with Crippen molar-refractivity contribution in [3.8, 4) is 0 Å². The first-order valence-corrected chi connectivity index (χ1v) is 14.4. The standard InChI is InChI=1S/C8H16Si3/c9-11(10)7-6-8-4-2-1-3-5-8/h1-5,11H,6-7H2,9-10H3. The Balaban J connectivity index is 2.39. The van der Waals surface area contributed by atoms with Gasteiger partial charge in [-0.25, -0.2) is 0 Å². The van der Waals surface area contributed by atoms with Crippen LogP contribution in [0.25, 0.3) is 0 Å². The number of benzene rings is 1. The van der Waals surface area contributed by atoms with Gasteiger partial charge in [-0.1, -0.05) is 36.4 Å². The van der Waals surface area contributed by atoms with Crippen molar-refractivity contribution in [1.29, 1.82) is 0 Å². The van der Waals surface area contributed by atoms with Crippen molar-refractivity contribution in [3.05, 3.63) is 35.9 Å². The molecule has 0 fully saturated rings. The Morgan fingerprint density at radius 2 is 1.73 bits per heavy atom. The molecular formula is C8H16Si3. The van der Waals surface area contributed by atoms with Crippen LogP contribution in [0.1, 0.15) is 5.56 Å². The van der Waals surface area contributed by atoms with Gasteiger partial charge in [-0.05, 0) is 31.5 Å². The molecule has 0 aliphatic rings. The second-order valence-corrected chi connectivity index (χ2v) is 25.5. The largest absolute Gasteiger partial charge is 0.0622 e. The molecule has 0 heterocycles. The molecule has 0 N–H and O–H groups in total. The molecule has 0 aromatic heterocycles. The fourth-order valence-corrected chi connectivity index (χ4v) is 3.74. The quantitative estimate of drug-likeness (QED) is 0.554. The molecule has 11 heavy (non-hydrogen) atoms. The van der Waals surface area contributed by atoms with Crippen LogP contribution in [0.4, 0.5) is 0 Å². The minimum Gasteiger partial charge on any atom is -0.0622 e. The molecule has 0 saturated carbocycles. The monoisotopic (exact) mass is 196 g/mol. The molecule has 0 amide bonds. The summed E-state index contributed by atoms with van der Waals surface area (Å²) in [6.07, 6.45) is 1.35. The summed E-state index contributed by atoms with van der Waals surface area (Å²) >= 11 is 0. The molecular weight excluding hydrogens is 180 g/mol. The Labute approximate surface area is 76.1 Å². The minimum atomic E-state index is -0.0625. The molecule has 0 aliphatic carbocycles. The highest BCUT2D eigenvalue weighted by Gasteiger charge is 1.95. The third-order valence-electron chi connectivity index (χ3n) is 1.85. The molecule has 1 rings (SSSR count). The van der Waals surface area contributed by atoms with Crippen molar-refractivity contribution in [3.63, 3.8) is 0 Å².